The normalized spacial score (nSPS) is 13.2. The summed E-state index contributed by atoms with van der Waals surface area (Å²) in [6.07, 6.45) is -1.01. The standard InChI is InChI=1S/C8H17NO3/c1-6(2)11-8(10)12-7(3)9(4)5/h6-7H,1-5H3. The molecule has 0 spiro atoms. The average molecular weight is 175 g/mol. The highest BCUT2D eigenvalue weighted by Crippen LogP contribution is 1.99. The van der Waals surface area contributed by atoms with Gasteiger partial charge in [0.05, 0.1) is 6.10 Å². The van der Waals surface area contributed by atoms with E-state index in [1.54, 1.807) is 25.7 Å². The minimum atomic E-state index is -0.619. The highest BCUT2D eigenvalue weighted by molar-refractivity contribution is 5.60. The zero-order valence-electron chi connectivity index (χ0n) is 8.33. The molecule has 0 aromatic rings. The lowest BCUT2D eigenvalue weighted by Crippen LogP contribution is -2.30. The van der Waals surface area contributed by atoms with Gasteiger partial charge in [-0.2, -0.15) is 0 Å². The van der Waals surface area contributed by atoms with E-state index in [9.17, 15) is 4.79 Å². The summed E-state index contributed by atoms with van der Waals surface area (Å²) in [5.41, 5.74) is 0. The van der Waals surface area contributed by atoms with Crippen LogP contribution in [0, 0.1) is 0 Å². The Kier molecular flexibility index (Phi) is 4.66. The van der Waals surface area contributed by atoms with E-state index in [1.807, 2.05) is 14.1 Å². The van der Waals surface area contributed by atoms with Crippen molar-refractivity contribution in [3.8, 4) is 0 Å². The van der Waals surface area contributed by atoms with Crippen molar-refractivity contribution in [2.75, 3.05) is 14.1 Å². The Morgan fingerprint density at radius 2 is 1.67 bits per heavy atom. The summed E-state index contributed by atoms with van der Waals surface area (Å²) in [5.74, 6) is 0. The SMILES string of the molecule is CC(C)OC(=O)OC(C)N(C)C. The van der Waals surface area contributed by atoms with Gasteiger partial charge in [-0.25, -0.2) is 4.79 Å². The summed E-state index contributed by atoms with van der Waals surface area (Å²) in [7, 11) is 3.65. The largest absolute Gasteiger partial charge is 0.510 e. The second-order valence-electron chi connectivity index (χ2n) is 3.10. The molecule has 0 fully saturated rings. The number of carbonyl (C=O) groups excluding carboxylic acids is 1. The second-order valence-corrected chi connectivity index (χ2v) is 3.10. The van der Waals surface area contributed by atoms with Crippen LogP contribution in [0.3, 0.4) is 0 Å². The summed E-state index contributed by atoms with van der Waals surface area (Å²) >= 11 is 0. The smallest absolute Gasteiger partial charge is 0.432 e. The molecule has 12 heavy (non-hydrogen) atoms. The van der Waals surface area contributed by atoms with Crippen molar-refractivity contribution < 1.29 is 14.3 Å². The molecule has 1 atom stereocenters. The number of rotatable bonds is 3. The third-order valence-corrected chi connectivity index (χ3v) is 1.33. The maximum absolute atomic E-state index is 10.9. The lowest BCUT2D eigenvalue weighted by Gasteiger charge is -2.20. The lowest BCUT2D eigenvalue weighted by molar-refractivity contribution is -0.0307. The summed E-state index contributed by atoms with van der Waals surface area (Å²) in [5, 5.41) is 0. The van der Waals surface area contributed by atoms with Crippen molar-refractivity contribution in [3.63, 3.8) is 0 Å². The van der Waals surface area contributed by atoms with E-state index in [-0.39, 0.29) is 12.3 Å². The third kappa shape index (κ3) is 4.96. The van der Waals surface area contributed by atoms with Crippen LogP contribution in [-0.2, 0) is 9.47 Å². The molecule has 0 bridgehead atoms. The Morgan fingerprint density at radius 3 is 2.00 bits per heavy atom. The van der Waals surface area contributed by atoms with Crippen LogP contribution in [0.25, 0.3) is 0 Å². The van der Waals surface area contributed by atoms with Crippen LogP contribution >= 0.6 is 0 Å². The highest BCUT2D eigenvalue weighted by atomic mass is 16.7. The van der Waals surface area contributed by atoms with Crippen molar-refractivity contribution in [3.05, 3.63) is 0 Å². The topological polar surface area (TPSA) is 38.8 Å². The van der Waals surface area contributed by atoms with Crippen molar-refractivity contribution in [2.24, 2.45) is 0 Å². The van der Waals surface area contributed by atoms with Crippen LogP contribution in [0.15, 0.2) is 0 Å². The van der Waals surface area contributed by atoms with Gasteiger partial charge in [-0.3, -0.25) is 4.90 Å². The molecule has 4 heteroatoms. The molecule has 0 aromatic carbocycles. The van der Waals surface area contributed by atoms with Crippen LogP contribution in [0.4, 0.5) is 4.79 Å². The van der Waals surface area contributed by atoms with Gasteiger partial charge >= 0.3 is 6.16 Å². The summed E-state index contributed by atoms with van der Waals surface area (Å²) in [6.45, 7) is 5.34. The molecule has 0 rings (SSSR count). The van der Waals surface area contributed by atoms with Gasteiger partial charge < -0.3 is 9.47 Å². The molecule has 0 aromatic heterocycles. The first-order valence-electron chi connectivity index (χ1n) is 3.97. The fourth-order valence-electron chi connectivity index (χ4n) is 0.465. The number of hydrogen-bond acceptors (Lipinski definition) is 4. The molecule has 0 amide bonds. The zero-order chi connectivity index (χ0) is 9.72. The first kappa shape index (κ1) is 11.2. The lowest BCUT2D eigenvalue weighted by atomic mass is 10.5. The Bertz CT molecular complexity index is 145. The van der Waals surface area contributed by atoms with Gasteiger partial charge in [0, 0.05) is 0 Å². The van der Waals surface area contributed by atoms with Crippen molar-refractivity contribution >= 4 is 6.16 Å². The van der Waals surface area contributed by atoms with Crippen LogP contribution in [0.1, 0.15) is 20.8 Å². The van der Waals surface area contributed by atoms with Gasteiger partial charge in [0.2, 0.25) is 0 Å². The van der Waals surface area contributed by atoms with Gasteiger partial charge in [0.15, 0.2) is 6.23 Å². The first-order chi connectivity index (χ1) is 5.43. The number of hydrogen-bond donors (Lipinski definition) is 0. The van der Waals surface area contributed by atoms with E-state index in [4.69, 9.17) is 9.47 Å². The van der Waals surface area contributed by atoms with Crippen molar-refractivity contribution in [2.45, 2.75) is 33.1 Å². The molecule has 0 radical (unpaired) electrons. The Labute approximate surface area is 73.4 Å². The molecule has 1 unspecified atom stereocenters. The van der Waals surface area contributed by atoms with E-state index in [0.717, 1.165) is 0 Å². The molecule has 0 aliphatic heterocycles. The molecule has 4 nitrogen and oxygen atoms in total. The first-order valence-corrected chi connectivity index (χ1v) is 3.97. The summed E-state index contributed by atoms with van der Waals surface area (Å²) in [6, 6.07) is 0. The maximum Gasteiger partial charge on any atom is 0.510 e. The Morgan fingerprint density at radius 1 is 1.17 bits per heavy atom. The molecular formula is C8H17NO3. The minimum absolute atomic E-state index is 0.133. The van der Waals surface area contributed by atoms with Gasteiger partial charge in [0.25, 0.3) is 0 Å². The molecule has 0 saturated heterocycles. The molecule has 0 aliphatic rings. The molecular weight excluding hydrogens is 158 g/mol. The second kappa shape index (κ2) is 4.98. The fraction of sp³-hybridized carbons (Fsp3) is 0.875. The fourth-order valence-corrected chi connectivity index (χ4v) is 0.465. The highest BCUT2D eigenvalue weighted by Gasteiger charge is 2.12. The predicted octanol–water partition coefficient (Wildman–Crippen LogP) is 1.46. The molecule has 0 heterocycles. The van der Waals surface area contributed by atoms with Crippen LogP contribution in [-0.4, -0.2) is 37.5 Å². The number of nitrogens with zero attached hydrogens (tertiary/aromatic N) is 1. The van der Waals surface area contributed by atoms with Crippen LogP contribution < -0.4 is 0 Å². The zero-order valence-corrected chi connectivity index (χ0v) is 8.33. The predicted molar refractivity (Wildman–Crippen MR) is 45.9 cm³/mol. The minimum Gasteiger partial charge on any atom is -0.432 e. The van der Waals surface area contributed by atoms with E-state index < -0.39 is 6.16 Å². The number of ether oxygens (including phenoxy) is 2. The van der Waals surface area contributed by atoms with Crippen molar-refractivity contribution in [1.29, 1.82) is 0 Å². The molecule has 0 aliphatic carbocycles. The van der Waals surface area contributed by atoms with E-state index >= 15 is 0 Å². The van der Waals surface area contributed by atoms with Gasteiger partial charge in [-0.15, -0.1) is 0 Å². The maximum atomic E-state index is 10.9. The summed E-state index contributed by atoms with van der Waals surface area (Å²) in [4.78, 5) is 12.7. The summed E-state index contributed by atoms with van der Waals surface area (Å²) < 4.78 is 9.67. The molecule has 72 valence electrons. The van der Waals surface area contributed by atoms with Gasteiger partial charge in [-0.05, 0) is 34.9 Å². The molecule has 0 saturated carbocycles. The quantitative estimate of drug-likeness (QED) is 0.481. The number of carbonyl (C=O) groups is 1. The van der Waals surface area contributed by atoms with Gasteiger partial charge in [-0.1, -0.05) is 0 Å². The van der Waals surface area contributed by atoms with Gasteiger partial charge in [0.1, 0.15) is 0 Å². The van der Waals surface area contributed by atoms with E-state index in [0.29, 0.717) is 0 Å². The molecule has 0 N–H and O–H groups in total. The monoisotopic (exact) mass is 175 g/mol. The average Bonchev–Trinajstić information content (AvgIpc) is 1.84. The Balaban J connectivity index is 3.69. The van der Waals surface area contributed by atoms with Crippen molar-refractivity contribution in [1.82, 2.24) is 4.90 Å². The third-order valence-electron chi connectivity index (χ3n) is 1.33. The van der Waals surface area contributed by atoms with E-state index in [1.165, 1.54) is 0 Å². The van der Waals surface area contributed by atoms with E-state index in [2.05, 4.69) is 0 Å². The van der Waals surface area contributed by atoms with Crippen LogP contribution in [0.5, 0.6) is 0 Å². The van der Waals surface area contributed by atoms with Crippen LogP contribution in [0.2, 0.25) is 0 Å². The Hall–Kier alpha value is -0.770.